The van der Waals surface area contributed by atoms with Crippen molar-refractivity contribution in [3.05, 3.63) is 15.6 Å². The molecule has 1 N–H and O–H groups in total. The molecule has 1 heterocycles. The van der Waals surface area contributed by atoms with Crippen LogP contribution in [0.25, 0.3) is 0 Å². The highest BCUT2D eigenvalue weighted by Crippen LogP contribution is 2.47. The zero-order valence-electron chi connectivity index (χ0n) is 12.0. The predicted molar refractivity (Wildman–Crippen MR) is 77.1 cm³/mol. The fraction of sp³-hybridized carbons (Fsp3) is 0.733. The summed E-state index contributed by atoms with van der Waals surface area (Å²) in [5.41, 5.74) is 0.516. The first-order valence-electron chi connectivity index (χ1n) is 7.34. The number of thiazole rings is 1. The first-order chi connectivity index (χ1) is 9.55. The number of fused-ring (bicyclic) bond motifs is 1. The third-order valence-corrected chi connectivity index (χ3v) is 6.07. The summed E-state index contributed by atoms with van der Waals surface area (Å²) in [6.07, 6.45) is 5.93. The Labute approximate surface area is 123 Å². The van der Waals surface area contributed by atoms with E-state index in [1.165, 1.54) is 6.42 Å². The maximum Gasteiger partial charge on any atom is 0.312 e. The fourth-order valence-electron chi connectivity index (χ4n) is 3.63. The number of aliphatic carboxylic acids is 1. The average Bonchev–Trinajstić information content (AvgIpc) is 2.97. The van der Waals surface area contributed by atoms with E-state index in [0.717, 1.165) is 41.3 Å². The molecule has 0 radical (unpaired) electrons. The SMILES string of the molecule is COC1(c2nc3c(s2)CCC3C(=O)O)CCCC(C)C1. The van der Waals surface area contributed by atoms with Gasteiger partial charge in [0, 0.05) is 12.0 Å². The minimum absolute atomic E-state index is 0.282. The van der Waals surface area contributed by atoms with Crippen molar-refractivity contribution in [3.63, 3.8) is 0 Å². The van der Waals surface area contributed by atoms with E-state index in [2.05, 4.69) is 6.92 Å². The van der Waals surface area contributed by atoms with Gasteiger partial charge in [0.15, 0.2) is 0 Å². The zero-order valence-corrected chi connectivity index (χ0v) is 12.8. The van der Waals surface area contributed by atoms with Crippen LogP contribution in [0, 0.1) is 5.92 Å². The van der Waals surface area contributed by atoms with Crippen LogP contribution in [0.2, 0.25) is 0 Å². The monoisotopic (exact) mass is 295 g/mol. The molecule has 0 bridgehead atoms. The highest BCUT2D eigenvalue weighted by atomic mass is 32.1. The topological polar surface area (TPSA) is 59.4 Å². The lowest BCUT2D eigenvalue weighted by Crippen LogP contribution is -2.34. The standard InChI is InChI=1S/C15H21NO3S/c1-9-4-3-7-15(8-9,19-2)14-16-12-10(13(17)18)5-6-11(12)20-14/h9-10H,3-8H2,1-2H3,(H,17,18). The van der Waals surface area contributed by atoms with E-state index in [4.69, 9.17) is 9.72 Å². The number of carboxylic acid groups (broad SMARTS) is 1. The van der Waals surface area contributed by atoms with Gasteiger partial charge in [-0.05, 0) is 38.0 Å². The molecule has 3 atom stereocenters. The van der Waals surface area contributed by atoms with Crippen molar-refractivity contribution in [1.82, 2.24) is 4.98 Å². The summed E-state index contributed by atoms with van der Waals surface area (Å²) < 4.78 is 5.87. The van der Waals surface area contributed by atoms with Crippen LogP contribution < -0.4 is 0 Å². The third-order valence-electron chi connectivity index (χ3n) is 4.75. The molecule has 1 aromatic heterocycles. The van der Waals surface area contributed by atoms with Crippen LogP contribution in [0.5, 0.6) is 0 Å². The maximum absolute atomic E-state index is 11.3. The molecule has 0 spiro atoms. The molecule has 0 aliphatic heterocycles. The highest BCUT2D eigenvalue weighted by molar-refractivity contribution is 7.12. The molecule has 0 saturated heterocycles. The van der Waals surface area contributed by atoms with Gasteiger partial charge in [-0.1, -0.05) is 13.3 Å². The molecular formula is C15H21NO3S. The van der Waals surface area contributed by atoms with Gasteiger partial charge < -0.3 is 9.84 Å². The van der Waals surface area contributed by atoms with Gasteiger partial charge in [0.25, 0.3) is 0 Å². The highest BCUT2D eigenvalue weighted by Gasteiger charge is 2.42. The lowest BCUT2D eigenvalue weighted by molar-refractivity contribution is -0.138. The Bertz CT molecular complexity index is 527. The molecule has 110 valence electrons. The summed E-state index contributed by atoms with van der Waals surface area (Å²) >= 11 is 1.68. The van der Waals surface area contributed by atoms with Crippen molar-refractivity contribution in [2.75, 3.05) is 7.11 Å². The summed E-state index contributed by atoms with van der Waals surface area (Å²) in [6, 6.07) is 0. The second-order valence-corrected chi connectivity index (χ2v) is 7.24. The number of carbonyl (C=O) groups is 1. The van der Waals surface area contributed by atoms with E-state index >= 15 is 0 Å². The van der Waals surface area contributed by atoms with Crippen molar-refractivity contribution in [3.8, 4) is 0 Å². The lowest BCUT2D eigenvalue weighted by atomic mass is 9.79. The van der Waals surface area contributed by atoms with Crippen LogP contribution in [0.1, 0.15) is 60.5 Å². The van der Waals surface area contributed by atoms with Crippen molar-refractivity contribution >= 4 is 17.3 Å². The van der Waals surface area contributed by atoms with Crippen LogP contribution in [0.4, 0.5) is 0 Å². The summed E-state index contributed by atoms with van der Waals surface area (Å²) in [5.74, 6) is -0.522. The molecule has 1 aromatic rings. The Hall–Kier alpha value is -0.940. The van der Waals surface area contributed by atoms with E-state index < -0.39 is 11.9 Å². The van der Waals surface area contributed by atoms with Crippen LogP contribution in [0.3, 0.4) is 0 Å². The second kappa shape index (κ2) is 5.11. The first kappa shape index (κ1) is 14.0. The summed E-state index contributed by atoms with van der Waals surface area (Å²) in [5, 5.41) is 10.3. The summed E-state index contributed by atoms with van der Waals surface area (Å²) in [6.45, 7) is 2.26. The molecule has 3 rings (SSSR count). The van der Waals surface area contributed by atoms with Crippen molar-refractivity contribution in [1.29, 1.82) is 0 Å². The Kier molecular flexibility index (Phi) is 3.58. The molecule has 1 fully saturated rings. The van der Waals surface area contributed by atoms with Crippen molar-refractivity contribution in [2.45, 2.75) is 57.0 Å². The number of nitrogens with zero attached hydrogens (tertiary/aromatic N) is 1. The third kappa shape index (κ3) is 2.17. The molecule has 0 aromatic carbocycles. The van der Waals surface area contributed by atoms with Gasteiger partial charge in [0.2, 0.25) is 0 Å². The van der Waals surface area contributed by atoms with Gasteiger partial charge in [0.1, 0.15) is 16.5 Å². The van der Waals surface area contributed by atoms with Gasteiger partial charge in [0.05, 0.1) is 5.69 Å². The quantitative estimate of drug-likeness (QED) is 0.929. The number of methoxy groups -OCH3 is 1. The van der Waals surface area contributed by atoms with Crippen LogP contribution in [0.15, 0.2) is 0 Å². The molecule has 1 saturated carbocycles. The number of hydrogen-bond acceptors (Lipinski definition) is 4. The minimum Gasteiger partial charge on any atom is -0.481 e. The average molecular weight is 295 g/mol. The van der Waals surface area contributed by atoms with E-state index in [9.17, 15) is 9.90 Å². The molecule has 0 amide bonds. The number of ether oxygens (including phenoxy) is 1. The molecular weight excluding hydrogens is 274 g/mol. The van der Waals surface area contributed by atoms with Crippen molar-refractivity contribution in [2.24, 2.45) is 5.92 Å². The van der Waals surface area contributed by atoms with E-state index in [1.807, 2.05) is 0 Å². The second-order valence-electron chi connectivity index (χ2n) is 6.16. The Balaban J connectivity index is 1.94. The smallest absolute Gasteiger partial charge is 0.312 e. The molecule has 5 heteroatoms. The van der Waals surface area contributed by atoms with Crippen molar-refractivity contribution < 1.29 is 14.6 Å². The Morgan fingerprint density at radius 2 is 2.30 bits per heavy atom. The van der Waals surface area contributed by atoms with Crippen LogP contribution >= 0.6 is 11.3 Å². The number of aryl methyl sites for hydroxylation is 1. The number of aromatic nitrogens is 1. The molecule has 2 aliphatic carbocycles. The number of rotatable bonds is 3. The molecule has 20 heavy (non-hydrogen) atoms. The first-order valence-corrected chi connectivity index (χ1v) is 8.15. The van der Waals surface area contributed by atoms with E-state index in [0.29, 0.717) is 12.3 Å². The minimum atomic E-state index is -0.746. The molecule has 2 aliphatic rings. The maximum atomic E-state index is 11.3. The lowest BCUT2D eigenvalue weighted by Gasteiger charge is -2.37. The predicted octanol–water partition coefficient (Wildman–Crippen LogP) is 3.31. The molecule has 4 nitrogen and oxygen atoms in total. The molecule has 3 unspecified atom stereocenters. The largest absolute Gasteiger partial charge is 0.481 e. The van der Waals surface area contributed by atoms with Gasteiger partial charge in [-0.3, -0.25) is 4.79 Å². The van der Waals surface area contributed by atoms with Gasteiger partial charge in [-0.25, -0.2) is 4.98 Å². The van der Waals surface area contributed by atoms with E-state index in [-0.39, 0.29) is 5.60 Å². The Morgan fingerprint density at radius 3 is 2.95 bits per heavy atom. The number of carboxylic acids is 1. The zero-order chi connectivity index (χ0) is 14.3. The van der Waals surface area contributed by atoms with Gasteiger partial charge in [-0.15, -0.1) is 11.3 Å². The van der Waals surface area contributed by atoms with Gasteiger partial charge in [-0.2, -0.15) is 0 Å². The van der Waals surface area contributed by atoms with Crippen LogP contribution in [-0.4, -0.2) is 23.2 Å². The van der Waals surface area contributed by atoms with Gasteiger partial charge >= 0.3 is 5.97 Å². The van der Waals surface area contributed by atoms with E-state index in [1.54, 1.807) is 18.4 Å². The summed E-state index contributed by atoms with van der Waals surface area (Å²) in [4.78, 5) is 17.1. The van der Waals surface area contributed by atoms with Crippen LogP contribution in [-0.2, 0) is 21.6 Å². The fourth-order valence-corrected chi connectivity index (χ4v) is 4.98. The Morgan fingerprint density at radius 1 is 1.50 bits per heavy atom. The summed E-state index contributed by atoms with van der Waals surface area (Å²) in [7, 11) is 1.76. The normalized spacial score (nSPS) is 33.1. The number of hydrogen-bond donors (Lipinski definition) is 1.